The number of nitrogens with zero attached hydrogens (tertiary/aromatic N) is 3. The van der Waals surface area contributed by atoms with Crippen LogP contribution in [0.15, 0.2) is 34.6 Å². The Labute approximate surface area is 189 Å². The Bertz CT molecular complexity index is 1030. The molecule has 0 bridgehead atoms. The first-order valence-electron chi connectivity index (χ1n) is 12.0. The zero-order chi connectivity index (χ0) is 21.2. The van der Waals surface area contributed by atoms with Crippen LogP contribution in [-0.2, 0) is 0 Å². The number of aromatic nitrogens is 2. The van der Waals surface area contributed by atoms with Crippen LogP contribution >= 0.6 is 11.3 Å². The summed E-state index contributed by atoms with van der Waals surface area (Å²) in [6.45, 7) is 7.59. The van der Waals surface area contributed by atoms with Gasteiger partial charge in [0.05, 0.1) is 10.2 Å². The molecule has 1 N–H and O–H groups in total. The summed E-state index contributed by atoms with van der Waals surface area (Å²) in [5.41, 5.74) is 6.38. The molecule has 2 aromatic heterocycles. The van der Waals surface area contributed by atoms with Crippen molar-refractivity contribution in [3.8, 4) is 11.1 Å². The van der Waals surface area contributed by atoms with E-state index in [1.54, 1.807) is 0 Å². The highest BCUT2D eigenvalue weighted by molar-refractivity contribution is 7.18. The second-order valence-corrected chi connectivity index (χ2v) is 10.4. The molecule has 1 aliphatic carbocycles. The maximum Gasteiger partial charge on any atom is 0.168 e. The average molecular weight is 435 g/mol. The fourth-order valence-corrected chi connectivity index (χ4v) is 6.28. The first-order chi connectivity index (χ1) is 15.2. The molecule has 1 saturated carbocycles. The van der Waals surface area contributed by atoms with Gasteiger partial charge in [-0.05, 0) is 56.9 Å². The van der Waals surface area contributed by atoms with Gasteiger partial charge in [-0.25, -0.2) is 0 Å². The molecule has 5 rings (SSSR count). The summed E-state index contributed by atoms with van der Waals surface area (Å²) in [5, 5.41) is 10.3. The SMILES string of the molecule is CC(=NCC1CCCCC1)C1CCN(c2n[nH]c3c(-c4ccc(C)cc4)csc23)CC1. The third kappa shape index (κ3) is 4.43. The predicted octanol–water partition coefficient (Wildman–Crippen LogP) is 6.86. The molecule has 5 heteroatoms. The number of thiophene rings is 1. The van der Waals surface area contributed by atoms with Gasteiger partial charge in [0.15, 0.2) is 5.82 Å². The number of anilines is 1. The van der Waals surface area contributed by atoms with Crippen molar-refractivity contribution in [2.24, 2.45) is 16.8 Å². The minimum Gasteiger partial charge on any atom is -0.354 e. The van der Waals surface area contributed by atoms with Crippen LogP contribution < -0.4 is 4.90 Å². The zero-order valence-corrected chi connectivity index (χ0v) is 19.7. The van der Waals surface area contributed by atoms with E-state index in [0.29, 0.717) is 5.92 Å². The molecule has 0 spiro atoms. The Morgan fingerprint density at radius 1 is 1.10 bits per heavy atom. The highest BCUT2D eigenvalue weighted by Crippen LogP contribution is 2.38. The van der Waals surface area contributed by atoms with Crippen LogP contribution in [0.25, 0.3) is 21.3 Å². The fraction of sp³-hybridized carbons (Fsp3) is 0.538. The van der Waals surface area contributed by atoms with Crippen LogP contribution in [0.2, 0.25) is 0 Å². The number of benzene rings is 1. The first kappa shape index (κ1) is 20.7. The van der Waals surface area contributed by atoms with Crippen molar-refractivity contribution in [1.29, 1.82) is 0 Å². The maximum absolute atomic E-state index is 5.03. The molecule has 1 saturated heterocycles. The molecule has 1 aromatic carbocycles. The highest BCUT2D eigenvalue weighted by atomic mass is 32.1. The Morgan fingerprint density at radius 3 is 2.58 bits per heavy atom. The largest absolute Gasteiger partial charge is 0.354 e. The van der Waals surface area contributed by atoms with Crippen molar-refractivity contribution in [3.05, 3.63) is 35.2 Å². The molecule has 4 nitrogen and oxygen atoms in total. The van der Waals surface area contributed by atoms with E-state index in [4.69, 9.17) is 10.1 Å². The summed E-state index contributed by atoms with van der Waals surface area (Å²) in [4.78, 5) is 7.50. The summed E-state index contributed by atoms with van der Waals surface area (Å²) in [6.07, 6.45) is 9.38. The van der Waals surface area contributed by atoms with Gasteiger partial charge < -0.3 is 4.90 Å². The summed E-state index contributed by atoms with van der Waals surface area (Å²) in [7, 11) is 0. The van der Waals surface area contributed by atoms with E-state index in [1.165, 1.54) is 77.6 Å². The number of aromatic amines is 1. The Kier molecular flexibility index (Phi) is 6.13. The number of piperidine rings is 1. The van der Waals surface area contributed by atoms with Gasteiger partial charge in [0, 0.05) is 36.3 Å². The molecule has 3 heterocycles. The number of aryl methyl sites for hydroxylation is 1. The van der Waals surface area contributed by atoms with Crippen LogP contribution in [0, 0.1) is 18.8 Å². The lowest BCUT2D eigenvalue weighted by Gasteiger charge is -2.32. The van der Waals surface area contributed by atoms with E-state index >= 15 is 0 Å². The van der Waals surface area contributed by atoms with Crippen molar-refractivity contribution < 1.29 is 0 Å². The van der Waals surface area contributed by atoms with E-state index in [2.05, 4.69) is 53.5 Å². The van der Waals surface area contributed by atoms with Gasteiger partial charge in [-0.2, -0.15) is 5.10 Å². The van der Waals surface area contributed by atoms with Crippen molar-refractivity contribution in [3.63, 3.8) is 0 Å². The molecule has 31 heavy (non-hydrogen) atoms. The van der Waals surface area contributed by atoms with Crippen LogP contribution in [0.5, 0.6) is 0 Å². The molecule has 0 amide bonds. The van der Waals surface area contributed by atoms with Crippen LogP contribution in [0.1, 0.15) is 57.4 Å². The molecule has 2 fully saturated rings. The summed E-state index contributed by atoms with van der Waals surface area (Å²) >= 11 is 1.81. The molecule has 0 atom stereocenters. The Morgan fingerprint density at radius 2 is 1.84 bits per heavy atom. The Balaban J connectivity index is 1.24. The fourth-order valence-electron chi connectivity index (χ4n) is 5.23. The van der Waals surface area contributed by atoms with Gasteiger partial charge in [0.25, 0.3) is 0 Å². The normalized spacial score (nSPS) is 19.4. The van der Waals surface area contributed by atoms with Crippen LogP contribution in [-0.4, -0.2) is 35.5 Å². The third-order valence-corrected chi connectivity index (χ3v) is 8.32. The number of aliphatic imine (C=N–C) groups is 1. The van der Waals surface area contributed by atoms with Gasteiger partial charge in [0.1, 0.15) is 0 Å². The monoisotopic (exact) mass is 434 g/mol. The smallest absolute Gasteiger partial charge is 0.168 e. The number of nitrogens with one attached hydrogen (secondary N) is 1. The van der Waals surface area contributed by atoms with E-state index in [0.717, 1.165) is 31.4 Å². The topological polar surface area (TPSA) is 44.3 Å². The quantitative estimate of drug-likeness (QED) is 0.446. The van der Waals surface area contributed by atoms with Gasteiger partial charge >= 0.3 is 0 Å². The van der Waals surface area contributed by atoms with E-state index in [9.17, 15) is 0 Å². The molecule has 2 aliphatic rings. The number of rotatable bonds is 5. The van der Waals surface area contributed by atoms with Crippen LogP contribution in [0.3, 0.4) is 0 Å². The second-order valence-electron chi connectivity index (χ2n) is 9.51. The standard InChI is InChI=1S/C26H34N4S/c1-18-8-10-22(11-9-18)23-17-31-25-24(23)28-29-26(25)30-14-12-21(13-15-30)19(2)27-16-20-6-4-3-5-7-20/h8-11,17,20-21H,3-7,12-16H2,1-2H3,(H,28,29). The predicted molar refractivity (Wildman–Crippen MR) is 134 cm³/mol. The molecule has 0 radical (unpaired) electrons. The molecule has 0 unspecified atom stereocenters. The van der Waals surface area contributed by atoms with Crippen LogP contribution in [0.4, 0.5) is 5.82 Å². The summed E-state index contributed by atoms with van der Waals surface area (Å²) < 4.78 is 1.29. The zero-order valence-electron chi connectivity index (χ0n) is 18.9. The number of hydrogen-bond donors (Lipinski definition) is 1. The van der Waals surface area contributed by atoms with E-state index in [1.807, 2.05) is 11.3 Å². The molecule has 1 aliphatic heterocycles. The van der Waals surface area contributed by atoms with E-state index < -0.39 is 0 Å². The maximum atomic E-state index is 5.03. The lowest BCUT2D eigenvalue weighted by molar-refractivity contribution is 0.366. The first-order valence-corrected chi connectivity index (χ1v) is 12.9. The van der Waals surface area contributed by atoms with Gasteiger partial charge in [-0.1, -0.05) is 49.1 Å². The lowest BCUT2D eigenvalue weighted by Crippen LogP contribution is -2.36. The molecular weight excluding hydrogens is 400 g/mol. The minimum atomic E-state index is 0.640. The van der Waals surface area contributed by atoms with Gasteiger partial charge in [0.2, 0.25) is 0 Å². The van der Waals surface area contributed by atoms with Gasteiger partial charge in [-0.15, -0.1) is 11.3 Å². The number of H-pyrrole nitrogens is 1. The molecular formula is C26H34N4S. The molecule has 3 aromatic rings. The van der Waals surface area contributed by atoms with Crippen molar-refractivity contribution in [1.82, 2.24) is 10.2 Å². The van der Waals surface area contributed by atoms with Gasteiger partial charge in [-0.3, -0.25) is 10.1 Å². The van der Waals surface area contributed by atoms with Crippen molar-refractivity contribution in [2.75, 3.05) is 24.5 Å². The highest BCUT2D eigenvalue weighted by Gasteiger charge is 2.25. The summed E-state index contributed by atoms with van der Waals surface area (Å²) in [5.74, 6) is 2.61. The average Bonchev–Trinajstić information content (AvgIpc) is 3.41. The van der Waals surface area contributed by atoms with Crippen molar-refractivity contribution >= 4 is 33.1 Å². The number of fused-ring (bicyclic) bond motifs is 1. The van der Waals surface area contributed by atoms with Crippen molar-refractivity contribution in [2.45, 2.75) is 58.8 Å². The second kappa shape index (κ2) is 9.15. The Hall–Kier alpha value is -2.14. The third-order valence-electron chi connectivity index (χ3n) is 7.34. The summed E-state index contributed by atoms with van der Waals surface area (Å²) in [6, 6.07) is 8.77. The van der Waals surface area contributed by atoms with E-state index in [-0.39, 0.29) is 0 Å². The lowest BCUT2D eigenvalue weighted by atomic mass is 9.89. The number of hydrogen-bond acceptors (Lipinski definition) is 4. The minimum absolute atomic E-state index is 0.640. The molecule has 164 valence electrons.